The van der Waals surface area contributed by atoms with E-state index in [9.17, 15) is 4.79 Å². The van der Waals surface area contributed by atoms with E-state index >= 15 is 0 Å². The van der Waals surface area contributed by atoms with Crippen LogP contribution >= 0.6 is 0 Å². The summed E-state index contributed by atoms with van der Waals surface area (Å²) in [6.45, 7) is 0.384. The summed E-state index contributed by atoms with van der Waals surface area (Å²) in [5.41, 5.74) is 6.49. The van der Waals surface area contributed by atoms with Crippen LogP contribution in [-0.4, -0.2) is 36.7 Å². The number of ether oxygens (including phenoxy) is 5. The molecule has 2 unspecified atom stereocenters. The first-order valence-corrected chi connectivity index (χ1v) is 12.1. The molecular formula is C29H29N3O6. The Morgan fingerprint density at radius 3 is 2.08 bits per heavy atom. The fourth-order valence-corrected chi connectivity index (χ4v) is 4.52. The number of nitrogens with two attached hydrogens (primary N) is 1. The minimum absolute atomic E-state index is 0.110. The van der Waals surface area contributed by atoms with E-state index in [1.807, 2.05) is 78.9 Å². The predicted molar refractivity (Wildman–Crippen MR) is 141 cm³/mol. The summed E-state index contributed by atoms with van der Waals surface area (Å²) < 4.78 is 31.6. The topological polar surface area (TPSA) is 107 Å². The largest absolute Gasteiger partial charge is 0.497 e. The number of methoxy groups -OCH3 is 2. The fraction of sp³-hybridized carbons (Fsp3) is 0.241. The highest BCUT2D eigenvalue weighted by atomic mass is 16.8. The first kappa shape index (κ1) is 25.5. The molecule has 0 amide bonds. The number of hydrogen-bond donors (Lipinski definition) is 1. The van der Waals surface area contributed by atoms with Gasteiger partial charge in [-0.25, -0.2) is 4.79 Å². The van der Waals surface area contributed by atoms with E-state index in [4.69, 9.17) is 29.4 Å². The van der Waals surface area contributed by atoms with Crippen molar-refractivity contribution in [2.45, 2.75) is 24.7 Å². The molecule has 9 nitrogen and oxygen atoms in total. The van der Waals surface area contributed by atoms with Gasteiger partial charge >= 0.3 is 5.69 Å². The molecule has 0 radical (unpaired) electrons. The minimum Gasteiger partial charge on any atom is -0.497 e. The Morgan fingerprint density at radius 1 is 0.921 bits per heavy atom. The van der Waals surface area contributed by atoms with Crippen LogP contribution in [0.3, 0.4) is 0 Å². The van der Waals surface area contributed by atoms with E-state index < -0.39 is 23.8 Å². The highest BCUT2D eigenvalue weighted by Gasteiger charge is 2.50. The van der Waals surface area contributed by atoms with Crippen molar-refractivity contribution in [1.82, 2.24) is 9.55 Å². The quantitative estimate of drug-likeness (QED) is 0.358. The summed E-state index contributed by atoms with van der Waals surface area (Å²) in [6, 6.07) is 26.5. The third-order valence-electron chi connectivity index (χ3n) is 6.51. The van der Waals surface area contributed by atoms with E-state index in [-0.39, 0.29) is 19.0 Å². The van der Waals surface area contributed by atoms with E-state index in [0.717, 1.165) is 16.7 Å². The van der Waals surface area contributed by atoms with Crippen molar-refractivity contribution in [3.63, 3.8) is 0 Å². The SMILES string of the molecule is COc1ccc(C(OCc2ccccc2)(c2ccc(OC)cc2)C2OCC(n3ccc(N)nc3=O)O2)cc1. The van der Waals surface area contributed by atoms with Gasteiger partial charge < -0.3 is 29.4 Å². The lowest BCUT2D eigenvalue weighted by molar-refractivity contribution is -0.209. The van der Waals surface area contributed by atoms with Crippen molar-refractivity contribution < 1.29 is 23.7 Å². The minimum atomic E-state index is -1.21. The van der Waals surface area contributed by atoms with Gasteiger partial charge in [0, 0.05) is 6.20 Å². The second kappa shape index (κ2) is 11.1. The lowest BCUT2D eigenvalue weighted by Gasteiger charge is -2.38. The van der Waals surface area contributed by atoms with Gasteiger partial charge in [0.2, 0.25) is 0 Å². The number of anilines is 1. The number of aromatic nitrogens is 2. The summed E-state index contributed by atoms with van der Waals surface area (Å²) in [6.07, 6.45) is -0.0896. The molecule has 0 bridgehead atoms. The fourth-order valence-electron chi connectivity index (χ4n) is 4.52. The Labute approximate surface area is 220 Å². The van der Waals surface area contributed by atoms with Gasteiger partial charge in [0.25, 0.3) is 0 Å². The molecule has 1 aliphatic heterocycles. The monoisotopic (exact) mass is 515 g/mol. The maximum Gasteiger partial charge on any atom is 0.351 e. The molecule has 0 saturated carbocycles. The van der Waals surface area contributed by atoms with Crippen LogP contribution in [0.2, 0.25) is 0 Å². The van der Waals surface area contributed by atoms with Crippen LogP contribution in [0.15, 0.2) is 95.9 Å². The molecule has 2 heterocycles. The Bertz CT molecular complexity index is 1360. The summed E-state index contributed by atoms with van der Waals surface area (Å²) >= 11 is 0. The van der Waals surface area contributed by atoms with Crippen LogP contribution in [-0.2, 0) is 26.4 Å². The zero-order valence-corrected chi connectivity index (χ0v) is 21.2. The standard InChI is InChI=1S/C29H29N3O6/c1-34-23-12-8-21(9-13-23)29(22-10-14-24(35-2)15-11-22,37-18-20-6-4-3-5-7-20)27-36-19-26(38-27)32-17-16-25(30)31-28(32)33/h3-17,26-27H,18-19H2,1-2H3,(H2,30,31,33). The van der Waals surface area contributed by atoms with Gasteiger partial charge in [-0.2, -0.15) is 4.98 Å². The van der Waals surface area contributed by atoms with Crippen molar-refractivity contribution in [1.29, 1.82) is 0 Å². The maximum absolute atomic E-state index is 12.6. The molecular weight excluding hydrogens is 486 g/mol. The lowest BCUT2D eigenvalue weighted by atomic mass is 9.85. The third kappa shape index (κ3) is 4.99. The predicted octanol–water partition coefficient (Wildman–Crippen LogP) is 3.87. The van der Waals surface area contributed by atoms with Crippen LogP contribution < -0.4 is 20.9 Å². The molecule has 1 aromatic heterocycles. The number of nitrogens with zero attached hydrogens (tertiary/aromatic N) is 2. The first-order valence-electron chi connectivity index (χ1n) is 12.1. The Kier molecular flexibility index (Phi) is 7.41. The van der Waals surface area contributed by atoms with Gasteiger partial charge in [-0.15, -0.1) is 0 Å². The molecule has 1 fully saturated rings. The molecule has 196 valence electrons. The number of rotatable bonds is 9. The van der Waals surface area contributed by atoms with E-state index in [0.29, 0.717) is 11.5 Å². The highest BCUT2D eigenvalue weighted by Crippen LogP contribution is 2.44. The van der Waals surface area contributed by atoms with Gasteiger partial charge in [0.15, 0.2) is 18.1 Å². The lowest BCUT2D eigenvalue weighted by Crippen LogP contribution is -2.44. The summed E-state index contributed by atoms with van der Waals surface area (Å²) in [5, 5.41) is 0. The van der Waals surface area contributed by atoms with Crippen LogP contribution in [0.1, 0.15) is 22.9 Å². The Hall–Kier alpha value is -4.18. The average molecular weight is 516 g/mol. The van der Waals surface area contributed by atoms with E-state index in [1.54, 1.807) is 26.5 Å². The van der Waals surface area contributed by atoms with Crippen LogP contribution in [0, 0.1) is 0 Å². The summed E-state index contributed by atoms with van der Waals surface area (Å²) in [7, 11) is 3.23. The van der Waals surface area contributed by atoms with Crippen molar-refractivity contribution in [3.8, 4) is 11.5 Å². The van der Waals surface area contributed by atoms with Crippen molar-refractivity contribution >= 4 is 5.82 Å². The zero-order valence-electron chi connectivity index (χ0n) is 21.2. The molecule has 2 atom stereocenters. The van der Waals surface area contributed by atoms with Crippen LogP contribution in [0.25, 0.3) is 0 Å². The smallest absolute Gasteiger partial charge is 0.351 e. The van der Waals surface area contributed by atoms with Gasteiger partial charge in [0.05, 0.1) is 27.4 Å². The molecule has 0 aliphatic carbocycles. The van der Waals surface area contributed by atoms with E-state index in [1.165, 1.54) is 4.57 Å². The Morgan fingerprint density at radius 2 is 1.53 bits per heavy atom. The van der Waals surface area contributed by atoms with Crippen molar-refractivity contribution in [2.24, 2.45) is 0 Å². The molecule has 5 rings (SSSR count). The average Bonchev–Trinajstić information content (AvgIpc) is 3.45. The molecule has 1 saturated heterocycles. The maximum atomic E-state index is 12.6. The first-order chi connectivity index (χ1) is 18.5. The molecule has 9 heteroatoms. The zero-order chi connectivity index (χ0) is 26.5. The number of hydrogen-bond acceptors (Lipinski definition) is 8. The molecule has 1 aliphatic rings. The van der Waals surface area contributed by atoms with Crippen molar-refractivity contribution in [3.05, 3.63) is 118 Å². The second-order valence-corrected chi connectivity index (χ2v) is 8.77. The van der Waals surface area contributed by atoms with Gasteiger partial charge in [-0.3, -0.25) is 4.57 Å². The number of nitrogen functional groups attached to an aromatic ring is 1. The van der Waals surface area contributed by atoms with Gasteiger partial charge in [-0.1, -0.05) is 54.6 Å². The van der Waals surface area contributed by atoms with Crippen LogP contribution in [0.5, 0.6) is 11.5 Å². The van der Waals surface area contributed by atoms with Gasteiger partial charge in [0.1, 0.15) is 17.3 Å². The summed E-state index contributed by atoms with van der Waals surface area (Å²) in [4.78, 5) is 16.4. The van der Waals surface area contributed by atoms with Gasteiger partial charge in [-0.05, 0) is 47.0 Å². The number of benzene rings is 3. The molecule has 3 aromatic carbocycles. The molecule has 4 aromatic rings. The van der Waals surface area contributed by atoms with Crippen molar-refractivity contribution in [2.75, 3.05) is 26.6 Å². The third-order valence-corrected chi connectivity index (χ3v) is 6.51. The normalized spacial score (nSPS) is 17.3. The summed E-state index contributed by atoms with van der Waals surface area (Å²) in [5.74, 6) is 1.54. The molecule has 2 N–H and O–H groups in total. The molecule has 0 spiro atoms. The second-order valence-electron chi connectivity index (χ2n) is 8.77. The van der Waals surface area contributed by atoms with Crippen LogP contribution in [0.4, 0.5) is 5.82 Å². The highest BCUT2D eigenvalue weighted by molar-refractivity contribution is 5.42. The van der Waals surface area contributed by atoms with E-state index in [2.05, 4.69) is 4.98 Å². The molecule has 38 heavy (non-hydrogen) atoms. The Balaban J connectivity index is 1.61.